The number of pyridine rings is 1. The predicted molar refractivity (Wildman–Crippen MR) is 86.7 cm³/mol. The molecule has 122 valence electrons. The first-order chi connectivity index (χ1) is 10.9. The van der Waals surface area contributed by atoms with Crippen LogP contribution in [0, 0.1) is 17.0 Å². The SMILES string of the molecule is COc1ccc([C@@H](O)[C@H](C)Nc2ccc([N+](=O)[O-])c(C)n2)cc1. The largest absolute Gasteiger partial charge is 0.497 e. The van der Waals surface area contributed by atoms with E-state index in [1.54, 1.807) is 38.3 Å². The molecule has 0 aliphatic carbocycles. The maximum absolute atomic E-state index is 10.8. The average molecular weight is 317 g/mol. The summed E-state index contributed by atoms with van der Waals surface area (Å²) in [5.74, 6) is 1.20. The van der Waals surface area contributed by atoms with Gasteiger partial charge in [-0.05, 0) is 37.6 Å². The van der Waals surface area contributed by atoms with Crippen LogP contribution in [-0.2, 0) is 0 Å². The van der Waals surface area contributed by atoms with Crippen LogP contribution in [0.1, 0.15) is 24.3 Å². The lowest BCUT2D eigenvalue weighted by atomic mass is 10.0. The second-order valence-corrected chi connectivity index (χ2v) is 5.21. The molecule has 0 saturated heterocycles. The van der Waals surface area contributed by atoms with Gasteiger partial charge in [-0.25, -0.2) is 4.98 Å². The van der Waals surface area contributed by atoms with E-state index in [1.807, 2.05) is 6.92 Å². The van der Waals surface area contributed by atoms with Gasteiger partial charge >= 0.3 is 0 Å². The number of aliphatic hydroxyl groups is 1. The van der Waals surface area contributed by atoms with Crippen molar-refractivity contribution in [3.05, 3.63) is 57.8 Å². The second kappa shape index (κ2) is 7.06. The summed E-state index contributed by atoms with van der Waals surface area (Å²) in [5.41, 5.74) is 1.04. The lowest BCUT2D eigenvalue weighted by Crippen LogP contribution is -2.24. The van der Waals surface area contributed by atoms with Crippen molar-refractivity contribution in [2.45, 2.75) is 26.0 Å². The van der Waals surface area contributed by atoms with Crippen LogP contribution in [0.3, 0.4) is 0 Å². The lowest BCUT2D eigenvalue weighted by Gasteiger charge is -2.21. The van der Waals surface area contributed by atoms with Crippen molar-refractivity contribution in [1.29, 1.82) is 0 Å². The number of methoxy groups -OCH3 is 1. The van der Waals surface area contributed by atoms with E-state index in [-0.39, 0.29) is 11.7 Å². The van der Waals surface area contributed by atoms with Crippen LogP contribution in [0.5, 0.6) is 5.75 Å². The first-order valence-corrected chi connectivity index (χ1v) is 7.13. The number of benzene rings is 1. The van der Waals surface area contributed by atoms with Crippen LogP contribution < -0.4 is 10.1 Å². The van der Waals surface area contributed by atoms with Crippen LogP contribution in [0.15, 0.2) is 36.4 Å². The number of hydrogen-bond acceptors (Lipinski definition) is 6. The number of aromatic nitrogens is 1. The maximum atomic E-state index is 10.8. The Labute approximate surface area is 134 Å². The number of nitro groups is 1. The van der Waals surface area contributed by atoms with Crippen molar-refractivity contribution in [3.63, 3.8) is 0 Å². The van der Waals surface area contributed by atoms with Crippen molar-refractivity contribution < 1.29 is 14.8 Å². The molecule has 0 bridgehead atoms. The summed E-state index contributed by atoms with van der Waals surface area (Å²) in [6, 6.07) is 9.74. The van der Waals surface area contributed by atoms with Gasteiger partial charge in [0.15, 0.2) is 0 Å². The van der Waals surface area contributed by atoms with Gasteiger partial charge < -0.3 is 15.2 Å². The van der Waals surface area contributed by atoms with Crippen LogP contribution >= 0.6 is 0 Å². The highest BCUT2D eigenvalue weighted by Gasteiger charge is 2.18. The molecule has 0 aliphatic rings. The van der Waals surface area contributed by atoms with Gasteiger partial charge in [0.05, 0.1) is 24.2 Å². The molecule has 2 N–H and O–H groups in total. The van der Waals surface area contributed by atoms with Crippen molar-refractivity contribution in [2.24, 2.45) is 0 Å². The Morgan fingerprint density at radius 3 is 2.43 bits per heavy atom. The monoisotopic (exact) mass is 317 g/mol. The van der Waals surface area contributed by atoms with E-state index in [0.717, 1.165) is 5.56 Å². The molecule has 0 aliphatic heterocycles. The number of nitrogens with one attached hydrogen (secondary N) is 1. The molecule has 23 heavy (non-hydrogen) atoms. The maximum Gasteiger partial charge on any atom is 0.290 e. The molecule has 1 aromatic carbocycles. The number of ether oxygens (including phenoxy) is 1. The van der Waals surface area contributed by atoms with E-state index in [4.69, 9.17) is 4.74 Å². The number of anilines is 1. The topological polar surface area (TPSA) is 97.5 Å². The molecule has 0 unspecified atom stereocenters. The summed E-state index contributed by atoms with van der Waals surface area (Å²) in [6.07, 6.45) is -0.752. The molecular formula is C16H19N3O4. The van der Waals surface area contributed by atoms with Gasteiger partial charge in [0, 0.05) is 6.07 Å². The van der Waals surface area contributed by atoms with Gasteiger partial charge in [-0.3, -0.25) is 10.1 Å². The first-order valence-electron chi connectivity index (χ1n) is 7.13. The highest BCUT2D eigenvalue weighted by molar-refractivity contribution is 5.45. The summed E-state index contributed by atoms with van der Waals surface area (Å²) in [4.78, 5) is 14.5. The first kappa shape index (κ1) is 16.7. The Hall–Kier alpha value is -2.67. The molecule has 7 heteroatoms. The average Bonchev–Trinajstić information content (AvgIpc) is 2.54. The van der Waals surface area contributed by atoms with Gasteiger partial charge in [-0.2, -0.15) is 0 Å². The molecule has 0 amide bonds. The molecule has 0 spiro atoms. The number of nitrogens with zero attached hydrogens (tertiary/aromatic N) is 2. The summed E-state index contributed by atoms with van der Waals surface area (Å²) < 4.78 is 5.09. The number of hydrogen-bond donors (Lipinski definition) is 2. The molecule has 0 saturated carbocycles. The minimum atomic E-state index is -0.752. The zero-order valence-electron chi connectivity index (χ0n) is 13.2. The van der Waals surface area contributed by atoms with E-state index in [9.17, 15) is 15.2 Å². The molecule has 1 aromatic heterocycles. The minimum absolute atomic E-state index is 0.0288. The third-order valence-electron chi connectivity index (χ3n) is 3.56. The standard InChI is InChI=1S/C16H19N3O4/c1-10-14(19(21)22)8-9-15(17-10)18-11(2)16(20)12-4-6-13(23-3)7-5-12/h4-9,11,16,20H,1-3H3,(H,17,18)/t11-,16-/m0/s1. The zero-order chi connectivity index (χ0) is 17.0. The van der Waals surface area contributed by atoms with E-state index in [0.29, 0.717) is 17.3 Å². The molecule has 7 nitrogen and oxygen atoms in total. The quantitative estimate of drug-likeness (QED) is 0.628. The lowest BCUT2D eigenvalue weighted by molar-refractivity contribution is -0.385. The Bertz CT molecular complexity index is 688. The van der Waals surface area contributed by atoms with Crippen LogP contribution in [0.4, 0.5) is 11.5 Å². The molecule has 1 heterocycles. The summed E-state index contributed by atoms with van der Waals surface area (Å²) in [5, 5.41) is 24.2. The van der Waals surface area contributed by atoms with E-state index >= 15 is 0 Å². The Morgan fingerprint density at radius 2 is 1.91 bits per heavy atom. The highest BCUT2D eigenvalue weighted by Crippen LogP contribution is 2.23. The van der Waals surface area contributed by atoms with Crippen molar-refractivity contribution >= 4 is 11.5 Å². The van der Waals surface area contributed by atoms with Gasteiger partial charge in [0.1, 0.15) is 17.3 Å². The number of rotatable bonds is 6. The van der Waals surface area contributed by atoms with Crippen molar-refractivity contribution in [1.82, 2.24) is 4.98 Å². The van der Waals surface area contributed by atoms with Crippen LogP contribution in [-0.4, -0.2) is 28.2 Å². The smallest absolute Gasteiger partial charge is 0.290 e. The van der Waals surface area contributed by atoms with Gasteiger partial charge in [0.25, 0.3) is 5.69 Å². The summed E-state index contributed by atoms with van der Waals surface area (Å²) in [6.45, 7) is 3.39. The van der Waals surface area contributed by atoms with Crippen molar-refractivity contribution in [2.75, 3.05) is 12.4 Å². The predicted octanol–water partition coefficient (Wildman–Crippen LogP) is 2.84. The van der Waals surface area contributed by atoms with Crippen molar-refractivity contribution in [3.8, 4) is 5.75 Å². The molecule has 2 atom stereocenters. The van der Waals surface area contributed by atoms with E-state index < -0.39 is 11.0 Å². The Morgan fingerprint density at radius 1 is 1.26 bits per heavy atom. The third-order valence-corrected chi connectivity index (χ3v) is 3.56. The molecule has 0 fully saturated rings. The van der Waals surface area contributed by atoms with Gasteiger partial charge in [-0.15, -0.1) is 0 Å². The molecular weight excluding hydrogens is 298 g/mol. The molecule has 0 radical (unpaired) electrons. The summed E-state index contributed by atoms with van der Waals surface area (Å²) >= 11 is 0. The van der Waals surface area contributed by atoms with E-state index in [2.05, 4.69) is 10.3 Å². The Kier molecular flexibility index (Phi) is 5.13. The normalized spacial score (nSPS) is 13.2. The van der Waals surface area contributed by atoms with Crippen LogP contribution in [0.25, 0.3) is 0 Å². The fraction of sp³-hybridized carbons (Fsp3) is 0.312. The highest BCUT2D eigenvalue weighted by atomic mass is 16.6. The van der Waals surface area contributed by atoms with Gasteiger partial charge in [-0.1, -0.05) is 12.1 Å². The molecule has 2 aromatic rings. The Balaban J connectivity index is 2.09. The molecule has 2 rings (SSSR count). The second-order valence-electron chi connectivity index (χ2n) is 5.21. The van der Waals surface area contributed by atoms with E-state index in [1.165, 1.54) is 12.1 Å². The fourth-order valence-electron chi connectivity index (χ4n) is 2.23. The van der Waals surface area contributed by atoms with Crippen LogP contribution in [0.2, 0.25) is 0 Å². The third kappa shape index (κ3) is 3.95. The minimum Gasteiger partial charge on any atom is -0.497 e. The number of aliphatic hydroxyl groups excluding tert-OH is 1. The zero-order valence-corrected chi connectivity index (χ0v) is 13.2. The summed E-state index contributed by atoms with van der Waals surface area (Å²) in [7, 11) is 1.58. The van der Waals surface area contributed by atoms with Gasteiger partial charge in [0.2, 0.25) is 0 Å². The number of aryl methyl sites for hydroxylation is 1. The fourth-order valence-corrected chi connectivity index (χ4v) is 2.23.